The zero-order valence-electron chi connectivity index (χ0n) is 32.1. The normalized spacial score (nSPS) is 11.5. The Kier molecular flexibility index (Phi) is 10.2. The van der Waals surface area contributed by atoms with Crippen LogP contribution in [0.1, 0.15) is 18.4 Å². The molecule has 0 atom stereocenters. The van der Waals surface area contributed by atoms with E-state index in [1.165, 1.54) is 54.8 Å². The molecule has 0 amide bonds. The van der Waals surface area contributed by atoms with Crippen LogP contribution in [0, 0.1) is 0 Å². The van der Waals surface area contributed by atoms with Gasteiger partial charge in [0.1, 0.15) is 0 Å². The number of allylic oxidation sites excluding steroid dienone is 1. The molecular formula is C52H48N2Si. The monoisotopic (exact) mass is 728 g/mol. The molecule has 0 unspecified atom stereocenters. The summed E-state index contributed by atoms with van der Waals surface area (Å²) in [5.74, 6) is 0. The van der Waals surface area contributed by atoms with Crippen LogP contribution in [-0.4, -0.2) is 8.07 Å². The van der Waals surface area contributed by atoms with Crippen LogP contribution in [0.2, 0.25) is 19.6 Å². The molecule has 0 aliphatic carbocycles. The van der Waals surface area contributed by atoms with Gasteiger partial charge in [-0.25, -0.2) is 0 Å². The maximum atomic E-state index is 3.92. The summed E-state index contributed by atoms with van der Waals surface area (Å²) in [6.45, 7) is 11.1. The highest BCUT2D eigenvalue weighted by Gasteiger charge is 2.20. The van der Waals surface area contributed by atoms with E-state index in [1.54, 1.807) is 0 Å². The maximum absolute atomic E-state index is 3.92. The standard InChI is InChI=1S/C52H48N2Si/c1-5-6-7-15-39-16-12-21-47(38-39)54(52-25-14-20-43-18-9-11-23-50(43)52)45-32-28-41(29-33-45)40-26-30-44(31-27-40)53(46-34-36-48(37-35-46)55(2,3)4)51-24-13-19-42-17-8-10-22-49(42)51/h5,8-14,16-38H,1,6-7,15H2,2-4H3. The van der Waals surface area contributed by atoms with Crippen molar-refractivity contribution < 1.29 is 0 Å². The van der Waals surface area contributed by atoms with E-state index in [1.807, 2.05) is 6.08 Å². The highest BCUT2D eigenvalue weighted by Crippen LogP contribution is 2.42. The van der Waals surface area contributed by atoms with Crippen LogP contribution in [-0.2, 0) is 6.42 Å². The summed E-state index contributed by atoms with van der Waals surface area (Å²) in [6, 6.07) is 66.8. The third-order valence-electron chi connectivity index (χ3n) is 10.6. The number of unbranched alkanes of at least 4 members (excludes halogenated alkanes) is 1. The Morgan fingerprint density at radius 1 is 0.473 bits per heavy atom. The molecule has 0 aromatic heterocycles. The van der Waals surface area contributed by atoms with Gasteiger partial charge in [-0.2, -0.15) is 0 Å². The summed E-state index contributed by atoms with van der Waals surface area (Å²) < 4.78 is 0. The summed E-state index contributed by atoms with van der Waals surface area (Å²) in [7, 11) is -1.43. The van der Waals surface area contributed by atoms with Crippen molar-refractivity contribution in [2.75, 3.05) is 9.80 Å². The van der Waals surface area contributed by atoms with Crippen molar-refractivity contribution in [2.45, 2.75) is 38.9 Å². The zero-order valence-corrected chi connectivity index (χ0v) is 33.1. The van der Waals surface area contributed by atoms with E-state index in [4.69, 9.17) is 0 Å². The summed E-state index contributed by atoms with van der Waals surface area (Å²) in [6.07, 6.45) is 5.15. The molecule has 3 heteroatoms. The first-order valence-electron chi connectivity index (χ1n) is 19.4. The second-order valence-corrected chi connectivity index (χ2v) is 20.5. The number of nitrogens with zero attached hydrogens (tertiary/aromatic N) is 2. The predicted octanol–water partition coefficient (Wildman–Crippen LogP) is 14.7. The van der Waals surface area contributed by atoms with Crippen molar-refractivity contribution in [1.82, 2.24) is 0 Å². The third kappa shape index (κ3) is 7.62. The van der Waals surface area contributed by atoms with E-state index in [9.17, 15) is 0 Å². The van der Waals surface area contributed by atoms with Crippen molar-refractivity contribution in [3.05, 3.63) is 200 Å². The average molecular weight is 729 g/mol. The second kappa shape index (κ2) is 15.7. The smallest absolute Gasteiger partial charge is 0.0775 e. The van der Waals surface area contributed by atoms with Crippen molar-refractivity contribution >= 4 is 68.9 Å². The topological polar surface area (TPSA) is 6.48 Å². The maximum Gasteiger partial charge on any atom is 0.0775 e. The van der Waals surface area contributed by atoms with Crippen LogP contribution in [0.3, 0.4) is 0 Å². The van der Waals surface area contributed by atoms with Crippen molar-refractivity contribution in [1.29, 1.82) is 0 Å². The minimum Gasteiger partial charge on any atom is -0.310 e. The van der Waals surface area contributed by atoms with Gasteiger partial charge in [0.25, 0.3) is 0 Å². The number of hydrogen-bond donors (Lipinski definition) is 0. The minimum absolute atomic E-state index is 1.02. The van der Waals surface area contributed by atoms with E-state index in [2.05, 4.69) is 218 Å². The van der Waals surface area contributed by atoms with Gasteiger partial charge in [-0.05, 0) is 107 Å². The molecule has 0 bridgehead atoms. The molecule has 0 N–H and O–H groups in total. The number of rotatable bonds is 12. The lowest BCUT2D eigenvalue weighted by Crippen LogP contribution is -2.37. The van der Waals surface area contributed by atoms with Crippen molar-refractivity contribution in [3.63, 3.8) is 0 Å². The summed E-state index contributed by atoms with van der Waals surface area (Å²) in [5.41, 5.74) is 10.6. The lowest BCUT2D eigenvalue weighted by molar-refractivity contribution is 0.844. The van der Waals surface area contributed by atoms with Gasteiger partial charge in [-0.15, -0.1) is 6.58 Å². The van der Waals surface area contributed by atoms with E-state index >= 15 is 0 Å². The molecule has 0 saturated carbocycles. The molecule has 0 aliphatic heterocycles. The van der Waals surface area contributed by atoms with Crippen LogP contribution in [0.5, 0.6) is 0 Å². The highest BCUT2D eigenvalue weighted by atomic mass is 28.3. The van der Waals surface area contributed by atoms with Crippen LogP contribution in [0.4, 0.5) is 34.1 Å². The van der Waals surface area contributed by atoms with Crippen molar-refractivity contribution in [3.8, 4) is 11.1 Å². The molecule has 0 aliphatic rings. The number of anilines is 6. The fourth-order valence-electron chi connectivity index (χ4n) is 7.68. The number of hydrogen-bond acceptors (Lipinski definition) is 2. The molecule has 0 heterocycles. The lowest BCUT2D eigenvalue weighted by atomic mass is 10.0. The fourth-order valence-corrected chi connectivity index (χ4v) is 8.85. The van der Waals surface area contributed by atoms with Gasteiger partial charge in [0, 0.05) is 33.5 Å². The van der Waals surface area contributed by atoms with Gasteiger partial charge >= 0.3 is 0 Å². The molecule has 55 heavy (non-hydrogen) atoms. The number of aryl methyl sites for hydroxylation is 1. The molecule has 0 spiro atoms. The summed E-state index contributed by atoms with van der Waals surface area (Å²) in [4.78, 5) is 4.80. The SMILES string of the molecule is C=CCCCc1cccc(N(c2ccc(-c3ccc(N(c4ccc([Si](C)(C)C)cc4)c4cccc5ccccc45)cc3)cc2)c2cccc3ccccc23)c1. The molecular weight excluding hydrogens is 681 g/mol. The van der Waals surface area contributed by atoms with Gasteiger partial charge in [0.2, 0.25) is 0 Å². The molecule has 8 aromatic carbocycles. The van der Waals surface area contributed by atoms with Crippen LogP contribution in [0.25, 0.3) is 32.7 Å². The van der Waals surface area contributed by atoms with Gasteiger partial charge in [0.15, 0.2) is 0 Å². The minimum atomic E-state index is -1.43. The van der Waals surface area contributed by atoms with E-state index < -0.39 is 8.07 Å². The number of fused-ring (bicyclic) bond motifs is 2. The Morgan fingerprint density at radius 2 is 0.927 bits per heavy atom. The summed E-state index contributed by atoms with van der Waals surface area (Å²) in [5, 5.41) is 6.39. The molecule has 8 rings (SSSR count). The molecule has 0 radical (unpaired) electrons. The largest absolute Gasteiger partial charge is 0.310 e. The Balaban J connectivity index is 1.15. The fraction of sp³-hybridized carbons (Fsp3) is 0.115. The quantitative estimate of drug-likeness (QED) is 0.0702. The van der Waals surface area contributed by atoms with Gasteiger partial charge in [0.05, 0.1) is 19.4 Å². The Bertz CT molecular complexity index is 2550. The first-order chi connectivity index (χ1) is 26.9. The van der Waals surface area contributed by atoms with Crippen LogP contribution in [0.15, 0.2) is 195 Å². The van der Waals surface area contributed by atoms with Crippen molar-refractivity contribution in [2.24, 2.45) is 0 Å². The molecule has 2 nitrogen and oxygen atoms in total. The first kappa shape index (κ1) is 35.8. The van der Waals surface area contributed by atoms with Crippen LogP contribution >= 0.6 is 0 Å². The van der Waals surface area contributed by atoms with E-state index in [-0.39, 0.29) is 0 Å². The predicted molar refractivity (Wildman–Crippen MR) is 242 cm³/mol. The van der Waals surface area contributed by atoms with E-state index in [0.29, 0.717) is 0 Å². The Labute approximate surface area is 327 Å². The Hall–Kier alpha value is -6.16. The lowest BCUT2D eigenvalue weighted by Gasteiger charge is -2.28. The highest BCUT2D eigenvalue weighted by molar-refractivity contribution is 6.88. The zero-order chi connectivity index (χ0) is 37.8. The number of benzene rings is 8. The van der Waals surface area contributed by atoms with Gasteiger partial charge < -0.3 is 9.80 Å². The Morgan fingerprint density at radius 3 is 1.44 bits per heavy atom. The van der Waals surface area contributed by atoms with Crippen LogP contribution < -0.4 is 15.0 Å². The second-order valence-electron chi connectivity index (χ2n) is 15.4. The first-order valence-corrected chi connectivity index (χ1v) is 22.9. The third-order valence-corrected chi connectivity index (χ3v) is 12.7. The van der Waals surface area contributed by atoms with E-state index in [0.717, 1.165) is 42.0 Å². The summed E-state index contributed by atoms with van der Waals surface area (Å²) >= 11 is 0. The molecule has 0 fully saturated rings. The van der Waals surface area contributed by atoms with Gasteiger partial charge in [-0.3, -0.25) is 0 Å². The van der Waals surface area contributed by atoms with Gasteiger partial charge in [-0.1, -0.05) is 152 Å². The average Bonchev–Trinajstić information content (AvgIpc) is 3.22. The molecule has 0 saturated heterocycles. The molecule has 8 aromatic rings. The molecule has 270 valence electrons.